The summed E-state index contributed by atoms with van der Waals surface area (Å²) in [5.41, 5.74) is 5.37. The van der Waals surface area contributed by atoms with E-state index < -0.39 is 12.5 Å². The van der Waals surface area contributed by atoms with Gasteiger partial charge >= 0.3 is 0 Å². The Kier molecular flexibility index (Phi) is 9.02. The van der Waals surface area contributed by atoms with Crippen molar-refractivity contribution in [2.24, 2.45) is 10.9 Å². The third-order valence-electron chi connectivity index (χ3n) is 5.73. The van der Waals surface area contributed by atoms with E-state index in [0.717, 1.165) is 30.4 Å². The lowest BCUT2D eigenvalue weighted by atomic mass is 10.0. The Bertz CT molecular complexity index is 1030. The predicted octanol–water partition coefficient (Wildman–Crippen LogP) is 1.87. The number of rotatable bonds is 8. The zero-order valence-electron chi connectivity index (χ0n) is 20.7. The Balaban J connectivity index is 0.00000167. The summed E-state index contributed by atoms with van der Waals surface area (Å²) < 4.78 is 0. The van der Waals surface area contributed by atoms with E-state index in [9.17, 15) is 19.8 Å². The predicted molar refractivity (Wildman–Crippen MR) is 134 cm³/mol. The molecule has 1 aliphatic carbocycles. The van der Waals surface area contributed by atoms with Crippen LogP contribution in [0.5, 0.6) is 0 Å². The number of hydrogen-bond acceptors (Lipinski definition) is 8. The summed E-state index contributed by atoms with van der Waals surface area (Å²) in [6.45, 7) is 7.77. The average molecular weight is 486 g/mol. The van der Waals surface area contributed by atoms with Crippen LogP contribution >= 0.6 is 0 Å². The highest BCUT2D eigenvalue weighted by molar-refractivity contribution is 5.99. The van der Waals surface area contributed by atoms with Crippen molar-refractivity contribution in [2.75, 3.05) is 18.4 Å². The minimum Gasteiger partial charge on any atom is -0.409 e. The molecule has 2 amide bonds. The molecule has 2 heterocycles. The molecule has 2 unspecified atom stereocenters. The summed E-state index contributed by atoms with van der Waals surface area (Å²) in [6, 6.07) is 5.82. The number of amidine groups is 1. The first-order chi connectivity index (χ1) is 16.8. The van der Waals surface area contributed by atoms with Gasteiger partial charge in [0.2, 0.25) is 11.8 Å². The molecule has 0 radical (unpaired) electrons. The van der Waals surface area contributed by atoms with Crippen LogP contribution < -0.4 is 16.1 Å². The van der Waals surface area contributed by atoms with Gasteiger partial charge in [-0.3, -0.25) is 9.59 Å². The van der Waals surface area contributed by atoms with Crippen LogP contribution in [-0.4, -0.2) is 58.3 Å². The molecule has 5 N–H and O–H groups in total. The third-order valence-corrected chi connectivity index (χ3v) is 5.73. The molecular formula is C25H35N5O5. The number of carbonyl (C=O) groups excluding carboxylic acids is 2. The number of carbonyl (C=O) groups is 2. The lowest BCUT2D eigenvalue weighted by molar-refractivity contribution is -0.122. The molecule has 0 spiro atoms. The molecule has 2 atom stereocenters. The normalized spacial score (nSPS) is 21.1. The number of hydroxylamine groups is 1. The molecule has 0 aromatic heterocycles. The van der Waals surface area contributed by atoms with Gasteiger partial charge in [-0.05, 0) is 43.9 Å². The van der Waals surface area contributed by atoms with Crippen molar-refractivity contribution < 1.29 is 24.6 Å². The highest BCUT2D eigenvalue weighted by Crippen LogP contribution is 2.34. The molecule has 1 aromatic carbocycles. The Morgan fingerprint density at radius 1 is 1.23 bits per heavy atom. The summed E-state index contributed by atoms with van der Waals surface area (Å²) >= 11 is 0. The zero-order chi connectivity index (χ0) is 25.5. The number of nitrogens with zero attached hydrogens (tertiary/aromatic N) is 2. The number of aryl methyl sites for hydroxylation is 1. The van der Waals surface area contributed by atoms with Gasteiger partial charge in [0, 0.05) is 17.6 Å². The maximum absolute atomic E-state index is 12.4. The second-order valence-electron chi connectivity index (χ2n) is 8.32. The van der Waals surface area contributed by atoms with E-state index in [-0.39, 0.29) is 30.8 Å². The molecule has 3 aliphatic rings. The molecular weight excluding hydrogens is 450 g/mol. The fourth-order valence-corrected chi connectivity index (χ4v) is 3.65. The number of amides is 2. The first-order valence-electron chi connectivity index (χ1n) is 12.1. The maximum Gasteiger partial charge on any atom is 0.240 e. The van der Waals surface area contributed by atoms with E-state index in [4.69, 9.17) is 4.84 Å². The van der Waals surface area contributed by atoms with Crippen molar-refractivity contribution in [1.82, 2.24) is 15.7 Å². The lowest BCUT2D eigenvalue weighted by Crippen LogP contribution is -2.46. The molecule has 1 fully saturated rings. The fourth-order valence-electron chi connectivity index (χ4n) is 3.65. The molecule has 4 rings (SSSR count). The van der Waals surface area contributed by atoms with Gasteiger partial charge in [-0.15, -0.1) is 5.48 Å². The summed E-state index contributed by atoms with van der Waals surface area (Å²) in [5.74, 6) is 0.611. The number of aliphatic imine (C=N–C) groups is 1. The second kappa shape index (κ2) is 12.0. The van der Waals surface area contributed by atoms with Crippen molar-refractivity contribution in [2.45, 2.75) is 59.4 Å². The van der Waals surface area contributed by atoms with Crippen LogP contribution in [0.4, 0.5) is 5.69 Å². The minimum absolute atomic E-state index is 0.00420. The van der Waals surface area contributed by atoms with Crippen LogP contribution in [0.1, 0.15) is 51.7 Å². The molecule has 190 valence electrons. The van der Waals surface area contributed by atoms with Crippen molar-refractivity contribution >= 4 is 29.0 Å². The largest absolute Gasteiger partial charge is 0.409 e. The van der Waals surface area contributed by atoms with E-state index in [1.807, 2.05) is 39.0 Å². The highest BCUT2D eigenvalue weighted by atomic mass is 16.7. The van der Waals surface area contributed by atoms with E-state index in [0.29, 0.717) is 23.0 Å². The monoisotopic (exact) mass is 485 g/mol. The van der Waals surface area contributed by atoms with Gasteiger partial charge < -0.3 is 30.6 Å². The summed E-state index contributed by atoms with van der Waals surface area (Å²) in [7, 11) is 0. The number of aliphatic hydroxyl groups excluding tert-OH is 2. The molecule has 2 aliphatic heterocycles. The van der Waals surface area contributed by atoms with Gasteiger partial charge in [-0.25, -0.2) is 4.99 Å². The Morgan fingerprint density at radius 2 is 1.97 bits per heavy atom. The van der Waals surface area contributed by atoms with E-state index in [1.54, 1.807) is 13.0 Å². The van der Waals surface area contributed by atoms with Crippen LogP contribution in [0.2, 0.25) is 0 Å². The maximum atomic E-state index is 12.4. The number of anilines is 1. The summed E-state index contributed by atoms with van der Waals surface area (Å²) in [4.78, 5) is 35.8. The Morgan fingerprint density at radius 3 is 2.57 bits per heavy atom. The zero-order valence-corrected chi connectivity index (χ0v) is 20.7. The van der Waals surface area contributed by atoms with Gasteiger partial charge in [0.15, 0.2) is 6.23 Å². The topological polar surface area (TPSA) is 136 Å². The quantitative estimate of drug-likeness (QED) is 0.379. The van der Waals surface area contributed by atoms with Gasteiger partial charge in [0.25, 0.3) is 0 Å². The van der Waals surface area contributed by atoms with Crippen molar-refractivity contribution in [1.29, 1.82) is 0 Å². The standard InChI is InChI=1S/C23H29N5O5.C2H6/c1-3-14-4-7-17(18(8-14)26-23(32)15-5-6-15)19-10-22(31)28(13(2)25-19)12-21(30)24-11-16-9-20(29)27-33-16;1-2/h4,7-10,15,20,22,27,29,31H,3,5-6,11-12H2,1-2H3,(H,24,30)(H,26,32);1-2H3. The lowest BCUT2D eigenvalue weighted by Gasteiger charge is -2.31. The second-order valence-corrected chi connectivity index (χ2v) is 8.32. The average Bonchev–Trinajstić information content (AvgIpc) is 3.62. The van der Waals surface area contributed by atoms with E-state index >= 15 is 0 Å². The summed E-state index contributed by atoms with van der Waals surface area (Å²) in [6.07, 6.45) is 3.69. The van der Waals surface area contributed by atoms with Crippen LogP contribution in [0.3, 0.4) is 0 Å². The SMILES string of the molecule is CC.CCc1ccc(C2=CC(O)N(CC(=O)NCC3=CC(O)NO3)C(C)=N2)c(NC(=O)C2CC2)c1. The third kappa shape index (κ3) is 6.91. The molecule has 35 heavy (non-hydrogen) atoms. The van der Waals surface area contributed by atoms with Gasteiger partial charge in [-0.2, -0.15) is 0 Å². The van der Waals surface area contributed by atoms with Crippen molar-refractivity contribution in [3.63, 3.8) is 0 Å². The number of benzene rings is 1. The Hall–Kier alpha value is -3.21. The van der Waals surface area contributed by atoms with Gasteiger partial charge in [-0.1, -0.05) is 32.9 Å². The number of hydrogen-bond donors (Lipinski definition) is 5. The van der Waals surface area contributed by atoms with Crippen LogP contribution in [0, 0.1) is 5.92 Å². The molecule has 10 heteroatoms. The van der Waals surface area contributed by atoms with Gasteiger partial charge in [0.05, 0.1) is 17.9 Å². The number of aliphatic hydroxyl groups is 2. The van der Waals surface area contributed by atoms with Crippen molar-refractivity contribution in [3.8, 4) is 0 Å². The van der Waals surface area contributed by atoms with Crippen molar-refractivity contribution in [3.05, 3.63) is 47.2 Å². The molecule has 1 saturated carbocycles. The minimum atomic E-state index is -1.06. The summed E-state index contributed by atoms with van der Waals surface area (Å²) in [5, 5.41) is 25.8. The molecule has 10 nitrogen and oxygen atoms in total. The number of nitrogens with one attached hydrogen (secondary N) is 3. The van der Waals surface area contributed by atoms with Crippen LogP contribution in [0.25, 0.3) is 5.70 Å². The smallest absolute Gasteiger partial charge is 0.240 e. The van der Waals surface area contributed by atoms with Crippen LogP contribution in [-0.2, 0) is 20.8 Å². The van der Waals surface area contributed by atoms with E-state index in [2.05, 4.69) is 21.1 Å². The first kappa shape index (κ1) is 26.4. The highest BCUT2D eigenvalue weighted by Gasteiger charge is 2.31. The molecule has 1 aromatic rings. The first-order valence-corrected chi connectivity index (χ1v) is 12.1. The molecule has 0 bridgehead atoms. The molecule has 0 saturated heterocycles. The van der Waals surface area contributed by atoms with Gasteiger partial charge in [0.1, 0.15) is 24.4 Å². The van der Waals surface area contributed by atoms with Crippen LogP contribution in [0.15, 0.2) is 41.1 Å². The van der Waals surface area contributed by atoms with E-state index in [1.165, 1.54) is 11.0 Å². The fraction of sp³-hybridized carbons (Fsp3) is 0.480. The Labute approximate surface area is 205 Å².